The number of rotatable bonds is 7. The number of pyridine rings is 1. The molecule has 0 aliphatic heterocycles. The van der Waals surface area contributed by atoms with Crippen molar-refractivity contribution in [1.82, 2.24) is 20.1 Å². The first-order chi connectivity index (χ1) is 12.9. The highest BCUT2D eigenvalue weighted by Gasteiger charge is 2.41. The van der Waals surface area contributed by atoms with Gasteiger partial charge in [-0.25, -0.2) is 4.98 Å². The van der Waals surface area contributed by atoms with Gasteiger partial charge in [-0.1, -0.05) is 0 Å². The summed E-state index contributed by atoms with van der Waals surface area (Å²) in [6.07, 6.45) is 1.37. The highest BCUT2D eigenvalue weighted by atomic mass is 79.9. The van der Waals surface area contributed by atoms with Crippen LogP contribution >= 0.6 is 39.1 Å². The monoisotopic (exact) mass is 493 g/mol. The van der Waals surface area contributed by atoms with E-state index in [9.17, 15) is 14.0 Å². The van der Waals surface area contributed by atoms with Gasteiger partial charge in [-0.3, -0.25) is 14.3 Å². The summed E-state index contributed by atoms with van der Waals surface area (Å²) in [5.74, 6) is -1.97. The average Bonchev–Trinajstić information content (AvgIpc) is 3.05. The predicted octanol–water partition coefficient (Wildman–Crippen LogP) is 3.91. The van der Waals surface area contributed by atoms with E-state index in [1.165, 1.54) is 42.9 Å². The maximum absolute atomic E-state index is 13.6. The second-order valence-corrected chi connectivity index (χ2v) is 9.20. The molecule has 11 heteroatoms. The third-order valence-electron chi connectivity index (χ3n) is 3.85. The first-order valence-electron chi connectivity index (χ1n) is 8.31. The van der Waals surface area contributed by atoms with Crippen LogP contribution in [0.25, 0.3) is 0 Å². The van der Waals surface area contributed by atoms with Crippen molar-refractivity contribution in [3.63, 3.8) is 0 Å². The van der Waals surface area contributed by atoms with Crippen LogP contribution in [0, 0.1) is 5.95 Å². The molecule has 0 saturated heterocycles. The molecular weight excluding hydrogens is 476 g/mol. The Morgan fingerprint density at radius 2 is 1.96 bits per heavy atom. The lowest BCUT2D eigenvalue weighted by Gasteiger charge is -2.33. The van der Waals surface area contributed by atoms with Crippen LogP contribution < -0.4 is 10.6 Å². The third-order valence-corrected chi connectivity index (χ3v) is 4.71. The van der Waals surface area contributed by atoms with E-state index >= 15 is 0 Å². The maximum Gasteiger partial charge on any atom is 0.270 e. The highest BCUT2D eigenvalue weighted by molar-refractivity contribution is 9.10. The predicted molar refractivity (Wildman–Crippen MR) is 109 cm³/mol. The second kappa shape index (κ2) is 8.75. The minimum absolute atomic E-state index is 0.0179. The Balaban J connectivity index is 2.29. The standard InChI is InChI=1S/C17H19BrCl2FN5O2/c1-4-26-11(7-8-22-26)14(27)25-16(2,9-17(3,19)20)15(28)24-12-6-5-10(18)13(21)23-12/h5-8H,4,9H2,1-3H3,(H,25,27)(H,23,24,28)/t16-/m0/s1. The molecule has 2 N–H and O–H groups in total. The molecule has 2 rings (SSSR count). The zero-order valence-electron chi connectivity index (χ0n) is 15.4. The van der Waals surface area contributed by atoms with Crippen molar-refractivity contribution in [3.05, 3.63) is 40.5 Å². The smallest absolute Gasteiger partial charge is 0.270 e. The second-order valence-electron chi connectivity index (χ2n) is 6.49. The number of amides is 2. The number of halogens is 4. The molecule has 2 heterocycles. The molecule has 0 saturated carbocycles. The van der Waals surface area contributed by atoms with E-state index < -0.39 is 27.6 Å². The molecule has 0 aromatic carbocycles. The molecular formula is C17H19BrCl2FN5O2. The largest absolute Gasteiger partial charge is 0.336 e. The number of carbonyl (C=O) groups excluding carboxylic acids is 2. The molecule has 7 nitrogen and oxygen atoms in total. The van der Waals surface area contributed by atoms with Crippen molar-refractivity contribution in [2.24, 2.45) is 0 Å². The average molecular weight is 495 g/mol. The summed E-state index contributed by atoms with van der Waals surface area (Å²) in [5, 5.41) is 9.19. The molecule has 0 unspecified atom stereocenters. The molecule has 0 fully saturated rings. The van der Waals surface area contributed by atoms with Gasteiger partial charge >= 0.3 is 0 Å². The van der Waals surface area contributed by atoms with Crippen molar-refractivity contribution in [2.75, 3.05) is 5.32 Å². The van der Waals surface area contributed by atoms with Crippen LogP contribution in [0.15, 0.2) is 28.9 Å². The zero-order chi connectivity index (χ0) is 21.1. The number of hydrogen-bond acceptors (Lipinski definition) is 4. The molecule has 2 aromatic rings. The van der Waals surface area contributed by atoms with Gasteiger partial charge in [0.25, 0.3) is 11.8 Å². The molecule has 2 aromatic heterocycles. The van der Waals surface area contributed by atoms with Gasteiger partial charge in [-0.15, -0.1) is 23.2 Å². The summed E-state index contributed by atoms with van der Waals surface area (Å²) in [4.78, 5) is 29.3. The van der Waals surface area contributed by atoms with Gasteiger partial charge in [0.1, 0.15) is 21.4 Å². The molecule has 0 aliphatic carbocycles. The first-order valence-corrected chi connectivity index (χ1v) is 9.86. The van der Waals surface area contributed by atoms with Crippen LogP contribution in [0.4, 0.5) is 10.2 Å². The maximum atomic E-state index is 13.6. The molecule has 0 radical (unpaired) electrons. The van der Waals surface area contributed by atoms with Crippen LogP contribution in [-0.4, -0.2) is 36.5 Å². The molecule has 0 spiro atoms. The van der Waals surface area contributed by atoms with Crippen molar-refractivity contribution in [1.29, 1.82) is 0 Å². The lowest BCUT2D eigenvalue weighted by atomic mass is 9.94. The van der Waals surface area contributed by atoms with Crippen molar-refractivity contribution in [2.45, 2.75) is 43.6 Å². The number of aryl methyl sites for hydroxylation is 1. The Morgan fingerprint density at radius 1 is 1.29 bits per heavy atom. The number of aromatic nitrogens is 3. The minimum Gasteiger partial charge on any atom is -0.336 e. The van der Waals surface area contributed by atoms with Crippen LogP contribution in [0.2, 0.25) is 0 Å². The zero-order valence-corrected chi connectivity index (χ0v) is 18.5. The minimum atomic E-state index is -1.51. The van der Waals surface area contributed by atoms with Crippen LogP contribution in [0.1, 0.15) is 37.7 Å². The Morgan fingerprint density at radius 3 is 2.54 bits per heavy atom. The Kier molecular flexibility index (Phi) is 7.06. The molecule has 1 atom stereocenters. The summed E-state index contributed by atoms with van der Waals surface area (Å²) in [5.41, 5.74) is -1.23. The topological polar surface area (TPSA) is 88.9 Å². The van der Waals surface area contributed by atoms with E-state index in [0.29, 0.717) is 6.54 Å². The summed E-state index contributed by atoms with van der Waals surface area (Å²) < 4.78 is 14.0. The fraction of sp³-hybridized carbons (Fsp3) is 0.412. The van der Waals surface area contributed by atoms with Gasteiger partial charge in [0.05, 0.1) is 4.47 Å². The number of nitrogens with zero attached hydrogens (tertiary/aromatic N) is 3. The fourth-order valence-electron chi connectivity index (χ4n) is 2.64. The molecule has 0 aliphatic rings. The van der Waals surface area contributed by atoms with Crippen molar-refractivity contribution >= 4 is 56.8 Å². The van der Waals surface area contributed by atoms with E-state index in [4.69, 9.17) is 23.2 Å². The van der Waals surface area contributed by atoms with E-state index in [1.54, 1.807) is 0 Å². The molecule has 2 amide bonds. The van der Waals surface area contributed by atoms with Gasteiger partial charge in [0.2, 0.25) is 5.95 Å². The summed E-state index contributed by atoms with van der Waals surface area (Å²) in [7, 11) is 0. The summed E-state index contributed by atoms with van der Waals surface area (Å²) >= 11 is 15.2. The normalized spacial score (nSPS) is 13.7. The van der Waals surface area contributed by atoms with E-state index in [2.05, 4.69) is 36.6 Å². The van der Waals surface area contributed by atoms with E-state index in [1.807, 2.05) is 6.92 Å². The van der Waals surface area contributed by atoms with Gasteiger partial charge in [-0.2, -0.15) is 9.49 Å². The fourth-order valence-corrected chi connectivity index (χ4v) is 3.39. The van der Waals surface area contributed by atoms with E-state index in [-0.39, 0.29) is 22.4 Å². The number of alkyl halides is 2. The van der Waals surface area contributed by atoms with Gasteiger partial charge < -0.3 is 10.6 Å². The van der Waals surface area contributed by atoms with Crippen molar-refractivity contribution < 1.29 is 14.0 Å². The molecule has 0 bridgehead atoms. The first kappa shape index (κ1) is 22.6. The van der Waals surface area contributed by atoms with Gasteiger partial charge in [0, 0.05) is 19.2 Å². The quantitative estimate of drug-likeness (QED) is 0.451. The number of carbonyl (C=O) groups is 2. The van der Waals surface area contributed by atoms with Gasteiger partial charge in [0.15, 0.2) is 0 Å². The molecule has 28 heavy (non-hydrogen) atoms. The SMILES string of the molecule is CCn1nccc1C(=O)N[C@@](C)(CC(C)(Cl)Cl)C(=O)Nc1ccc(Br)c(F)n1. The Labute approximate surface area is 180 Å². The van der Waals surface area contributed by atoms with Crippen molar-refractivity contribution in [3.8, 4) is 0 Å². The Bertz CT molecular complexity index is 887. The summed E-state index contributed by atoms with van der Waals surface area (Å²) in [6.45, 7) is 5.29. The Hall–Kier alpha value is -1.71. The van der Waals surface area contributed by atoms with Crippen LogP contribution in [0.5, 0.6) is 0 Å². The highest BCUT2D eigenvalue weighted by Crippen LogP contribution is 2.31. The summed E-state index contributed by atoms with van der Waals surface area (Å²) in [6, 6.07) is 4.35. The van der Waals surface area contributed by atoms with Crippen LogP contribution in [-0.2, 0) is 11.3 Å². The molecule has 152 valence electrons. The lowest BCUT2D eigenvalue weighted by Crippen LogP contribution is -2.57. The lowest BCUT2D eigenvalue weighted by molar-refractivity contribution is -0.121. The number of anilines is 1. The number of nitrogens with one attached hydrogen (secondary N) is 2. The van der Waals surface area contributed by atoms with E-state index in [0.717, 1.165) is 0 Å². The third kappa shape index (κ3) is 5.65. The van der Waals surface area contributed by atoms with Gasteiger partial charge in [-0.05, 0) is 54.9 Å². The number of hydrogen-bond donors (Lipinski definition) is 2. The van der Waals surface area contributed by atoms with Crippen LogP contribution in [0.3, 0.4) is 0 Å².